The van der Waals surface area contributed by atoms with Gasteiger partial charge in [0.15, 0.2) is 0 Å². The Morgan fingerprint density at radius 3 is 2.38 bits per heavy atom. The third-order valence-electron chi connectivity index (χ3n) is 3.72. The molecule has 1 N–H and O–H groups in total. The van der Waals surface area contributed by atoms with Gasteiger partial charge in [0, 0.05) is 4.47 Å². The summed E-state index contributed by atoms with van der Waals surface area (Å²) in [6.45, 7) is 0. The average Bonchev–Trinajstić information content (AvgIpc) is 2.52. The summed E-state index contributed by atoms with van der Waals surface area (Å²) in [4.78, 5) is 0. The molecule has 21 heavy (non-hydrogen) atoms. The molecule has 0 amide bonds. The maximum absolute atomic E-state index is 6.48. The Bertz CT molecular complexity index is 780. The van der Waals surface area contributed by atoms with Crippen molar-refractivity contribution in [2.24, 2.45) is 0 Å². The van der Waals surface area contributed by atoms with E-state index in [4.69, 9.17) is 11.6 Å². The molecule has 0 fully saturated rings. The number of benzene rings is 3. The van der Waals surface area contributed by atoms with Gasteiger partial charge in [-0.05, 0) is 50.9 Å². The molecular weight excluding hydrogens is 346 g/mol. The second kappa shape index (κ2) is 6.18. The topological polar surface area (TPSA) is 12.0 Å². The molecule has 0 saturated heterocycles. The van der Waals surface area contributed by atoms with Crippen molar-refractivity contribution in [1.29, 1.82) is 0 Å². The zero-order valence-electron chi connectivity index (χ0n) is 11.6. The highest BCUT2D eigenvalue weighted by Gasteiger charge is 2.18. The van der Waals surface area contributed by atoms with Gasteiger partial charge in [-0.1, -0.05) is 66.2 Å². The van der Waals surface area contributed by atoms with Crippen molar-refractivity contribution >= 4 is 38.3 Å². The van der Waals surface area contributed by atoms with Crippen molar-refractivity contribution in [3.05, 3.63) is 81.3 Å². The van der Waals surface area contributed by atoms with Gasteiger partial charge in [0.2, 0.25) is 0 Å². The number of rotatable bonds is 3. The standard InChI is InChI=1S/C18H15BrClN/c1-21-18(15-10-5-11-16(19)17(15)20)14-9-4-7-12-6-2-3-8-13(12)14/h2-11,18,21H,1H3. The first-order valence-electron chi connectivity index (χ1n) is 6.81. The summed E-state index contributed by atoms with van der Waals surface area (Å²) in [6, 6.07) is 20.9. The van der Waals surface area contributed by atoms with Crippen LogP contribution in [-0.4, -0.2) is 7.05 Å². The molecule has 0 spiro atoms. The molecule has 0 aliphatic rings. The minimum Gasteiger partial charge on any atom is -0.309 e. The van der Waals surface area contributed by atoms with Crippen LogP contribution in [0.5, 0.6) is 0 Å². The van der Waals surface area contributed by atoms with Crippen LogP contribution >= 0.6 is 27.5 Å². The van der Waals surface area contributed by atoms with E-state index in [0.717, 1.165) is 15.1 Å². The van der Waals surface area contributed by atoms with Crippen LogP contribution < -0.4 is 5.32 Å². The summed E-state index contributed by atoms with van der Waals surface area (Å²) in [5.74, 6) is 0. The summed E-state index contributed by atoms with van der Waals surface area (Å²) in [5, 5.41) is 6.63. The molecule has 3 rings (SSSR count). The van der Waals surface area contributed by atoms with Crippen LogP contribution in [0.15, 0.2) is 65.1 Å². The van der Waals surface area contributed by atoms with E-state index in [1.807, 2.05) is 19.2 Å². The highest BCUT2D eigenvalue weighted by Crippen LogP contribution is 2.35. The third kappa shape index (κ3) is 2.71. The molecule has 0 aliphatic carbocycles. The molecule has 0 radical (unpaired) electrons. The average molecular weight is 361 g/mol. The van der Waals surface area contributed by atoms with E-state index in [2.05, 4.69) is 69.8 Å². The summed E-state index contributed by atoms with van der Waals surface area (Å²) in [6.07, 6.45) is 0. The third-order valence-corrected chi connectivity index (χ3v) is 5.03. The van der Waals surface area contributed by atoms with E-state index >= 15 is 0 Å². The van der Waals surface area contributed by atoms with Gasteiger partial charge in [-0.3, -0.25) is 0 Å². The molecule has 3 heteroatoms. The van der Waals surface area contributed by atoms with E-state index in [0.29, 0.717) is 0 Å². The SMILES string of the molecule is CNC(c1cccc(Br)c1Cl)c1cccc2ccccc12. The Morgan fingerprint density at radius 1 is 0.905 bits per heavy atom. The molecule has 0 aromatic heterocycles. The maximum atomic E-state index is 6.48. The smallest absolute Gasteiger partial charge is 0.0599 e. The van der Waals surface area contributed by atoms with Crippen LogP contribution in [0.25, 0.3) is 10.8 Å². The van der Waals surface area contributed by atoms with Crippen LogP contribution in [0.2, 0.25) is 5.02 Å². The van der Waals surface area contributed by atoms with Crippen molar-refractivity contribution in [3.8, 4) is 0 Å². The molecule has 0 heterocycles. The fourth-order valence-corrected chi connectivity index (χ4v) is 3.34. The predicted molar refractivity (Wildman–Crippen MR) is 94.0 cm³/mol. The normalized spacial score (nSPS) is 12.5. The zero-order valence-corrected chi connectivity index (χ0v) is 13.9. The quantitative estimate of drug-likeness (QED) is 0.644. The number of hydrogen-bond acceptors (Lipinski definition) is 1. The minimum absolute atomic E-state index is 0.0566. The minimum atomic E-state index is 0.0566. The number of halogens is 2. The Balaban J connectivity index is 2.21. The fourth-order valence-electron chi connectivity index (χ4n) is 2.72. The molecule has 0 bridgehead atoms. The number of fused-ring (bicyclic) bond motifs is 1. The summed E-state index contributed by atoms with van der Waals surface area (Å²) in [5.41, 5.74) is 2.31. The van der Waals surface area contributed by atoms with Crippen molar-refractivity contribution in [3.63, 3.8) is 0 Å². The summed E-state index contributed by atoms with van der Waals surface area (Å²) >= 11 is 9.99. The van der Waals surface area contributed by atoms with Gasteiger partial charge in [-0.25, -0.2) is 0 Å². The Morgan fingerprint density at radius 2 is 1.57 bits per heavy atom. The first-order chi connectivity index (χ1) is 10.2. The van der Waals surface area contributed by atoms with E-state index in [1.54, 1.807) is 0 Å². The molecule has 0 saturated carbocycles. The summed E-state index contributed by atoms with van der Waals surface area (Å²) in [7, 11) is 1.96. The Labute approximate surface area is 138 Å². The van der Waals surface area contributed by atoms with E-state index in [-0.39, 0.29) is 6.04 Å². The Kier molecular flexibility index (Phi) is 4.29. The van der Waals surface area contributed by atoms with Gasteiger partial charge in [0.1, 0.15) is 0 Å². The lowest BCUT2D eigenvalue weighted by Gasteiger charge is -2.21. The van der Waals surface area contributed by atoms with Crippen molar-refractivity contribution in [2.45, 2.75) is 6.04 Å². The van der Waals surface area contributed by atoms with Gasteiger partial charge in [-0.15, -0.1) is 0 Å². The lowest BCUT2D eigenvalue weighted by Crippen LogP contribution is -2.18. The van der Waals surface area contributed by atoms with Crippen LogP contribution in [0, 0.1) is 0 Å². The van der Waals surface area contributed by atoms with Crippen molar-refractivity contribution in [1.82, 2.24) is 5.32 Å². The van der Waals surface area contributed by atoms with Gasteiger partial charge >= 0.3 is 0 Å². The molecule has 1 atom stereocenters. The van der Waals surface area contributed by atoms with Gasteiger partial charge < -0.3 is 5.32 Å². The van der Waals surface area contributed by atoms with Crippen LogP contribution in [0.4, 0.5) is 0 Å². The van der Waals surface area contributed by atoms with E-state index < -0.39 is 0 Å². The van der Waals surface area contributed by atoms with Crippen molar-refractivity contribution in [2.75, 3.05) is 7.05 Å². The molecule has 1 unspecified atom stereocenters. The van der Waals surface area contributed by atoms with Crippen LogP contribution in [-0.2, 0) is 0 Å². The highest BCUT2D eigenvalue weighted by atomic mass is 79.9. The second-order valence-corrected chi connectivity index (χ2v) is 6.17. The molecule has 3 aromatic carbocycles. The molecule has 106 valence electrons. The van der Waals surface area contributed by atoms with Crippen molar-refractivity contribution < 1.29 is 0 Å². The highest BCUT2D eigenvalue weighted by molar-refractivity contribution is 9.10. The van der Waals surface area contributed by atoms with Crippen LogP contribution in [0.3, 0.4) is 0 Å². The number of hydrogen-bond donors (Lipinski definition) is 1. The van der Waals surface area contributed by atoms with E-state index in [1.165, 1.54) is 16.3 Å². The number of nitrogens with one attached hydrogen (secondary N) is 1. The van der Waals surface area contributed by atoms with Crippen LogP contribution in [0.1, 0.15) is 17.2 Å². The first-order valence-corrected chi connectivity index (χ1v) is 7.98. The van der Waals surface area contributed by atoms with Gasteiger partial charge in [0.05, 0.1) is 11.1 Å². The largest absolute Gasteiger partial charge is 0.309 e. The van der Waals surface area contributed by atoms with E-state index in [9.17, 15) is 0 Å². The summed E-state index contributed by atoms with van der Waals surface area (Å²) < 4.78 is 0.919. The predicted octanol–water partition coefficient (Wildman–Crippen LogP) is 5.56. The Hall–Kier alpha value is -1.35. The first kappa shape index (κ1) is 14.6. The lowest BCUT2D eigenvalue weighted by molar-refractivity contribution is 0.697. The maximum Gasteiger partial charge on any atom is 0.0599 e. The molecular formula is C18H15BrClN. The molecule has 0 aliphatic heterocycles. The monoisotopic (exact) mass is 359 g/mol. The second-order valence-electron chi connectivity index (χ2n) is 4.93. The zero-order chi connectivity index (χ0) is 14.8. The lowest BCUT2D eigenvalue weighted by atomic mass is 9.94. The van der Waals surface area contributed by atoms with Gasteiger partial charge in [-0.2, -0.15) is 0 Å². The molecule has 1 nitrogen and oxygen atoms in total. The van der Waals surface area contributed by atoms with Gasteiger partial charge in [0.25, 0.3) is 0 Å². The molecule has 3 aromatic rings. The fraction of sp³-hybridized carbons (Fsp3) is 0.111.